The highest BCUT2D eigenvalue weighted by Gasteiger charge is 2.33. The van der Waals surface area contributed by atoms with Gasteiger partial charge in [-0.15, -0.1) is 11.8 Å². The summed E-state index contributed by atoms with van der Waals surface area (Å²) in [5.74, 6) is 1.22. The molecule has 1 amide bonds. The number of amides is 1. The van der Waals surface area contributed by atoms with Crippen molar-refractivity contribution >= 4 is 57.7 Å². The minimum absolute atomic E-state index is 0.100. The number of hydrogen-bond acceptors (Lipinski definition) is 6. The molecule has 0 spiro atoms. The lowest BCUT2D eigenvalue weighted by Crippen LogP contribution is -2.27. The summed E-state index contributed by atoms with van der Waals surface area (Å²) in [7, 11) is 1.61. The minimum Gasteiger partial charge on any atom is -0.493 e. The summed E-state index contributed by atoms with van der Waals surface area (Å²) in [6.45, 7) is 4.09. The second-order valence-electron chi connectivity index (χ2n) is 6.47. The molecule has 0 aliphatic carbocycles. The van der Waals surface area contributed by atoms with Crippen molar-refractivity contribution in [1.82, 2.24) is 0 Å². The van der Waals surface area contributed by atoms with E-state index in [1.54, 1.807) is 23.8 Å². The number of anilines is 1. The number of thioether (sulfide) groups is 2. The van der Waals surface area contributed by atoms with Crippen molar-refractivity contribution in [3.05, 3.63) is 52.9 Å². The lowest BCUT2D eigenvalue weighted by Gasteiger charge is -2.16. The maximum Gasteiger partial charge on any atom is 0.270 e. The van der Waals surface area contributed by atoms with Crippen LogP contribution in [0.1, 0.15) is 25.8 Å². The number of carbonyl (C=O) groups is 1. The Morgan fingerprint density at radius 2 is 2.03 bits per heavy atom. The molecule has 7 heteroatoms. The quantitative estimate of drug-likeness (QED) is 0.296. The molecule has 1 saturated heterocycles. The molecule has 29 heavy (non-hydrogen) atoms. The molecule has 1 fully saturated rings. The zero-order valence-corrected chi connectivity index (χ0v) is 19.2. The normalized spacial score (nSPS) is 16.4. The highest BCUT2D eigenvalue weighted by atomic mass is 32.2. The van der Waals surface area contributed by atoms with E-state index in [-0.39, 0.29) is 12.0 Å². The Morgan fingerprint density at radius 3 is 2.72 bits per heavy atom. The van der Waals surface area contributed by atoms with Gasteiger partial charge in [0.05, 0.1) is 23.8 Å². The Labute approximate surface area is 185 Å². The molecule has 0 N–H and O–H groups in total. The number of thiocarbonyl (C=S) groups is 1. The van der Waals surface area contributed by atoms with Crippen molar-refractivity contribution in [3.63, 3.8) is 0 Å². The van der Waals surface area contributed by atoms with Gasteiger partial charge >= 0.3 is 0 Å². The number of methoxy groups -OCH3 is 1. The summed E-state index contributed by atoms with van der Waals surface area (Å²) in [5, 5.41) is 0. The van der Waals surface area contributed by atoms with Crippen molar-refractivity contribution in [1.29, 1.82) is 0 Å². The van der Waals surface area contributed by atoms with Crippen LogP contribution in [0, 0.1) is 0 Å². The summed E-state index contributed by atoms with van der Waals surface area (Å²) < 4.78 is 11.9. The Morgan fingerprint density at radius 1 is 1.24 bits per heavy atom. The lowest BCUT2D eigenvalue weighted by atomic mass is 10.1. The third-order valence-corrected chi connectivity index (χ3v) is 6.52. The third kappa shape index (κ3) is 4.97. The molecule has 3 rings (SSSR count). The summed E-state index contributed by atoms with van der Waals surface area (Å²) in [6.07, 6.45) is 4.85. The van der Waals surface area contributed by atoms with Gasteiger partial charge in [0.15, 0.2) is 15.8 Å². The Bertz CT molecular complexity index is 958. The Hall–Kier alpha value is -1.96. The predicted molar refractivity (Wildman–Crippen MR) is 127 cm³/mol. The van der Waals surface area contributed by atoms with E-state index < -0.39 is 0 Å². The fourth-order valence-corrected chi connectivity index (χ4v) is 4.51. The summed E-state index contributed by atoms with van der Waals surface area (Å²) >= 11 is 8.42. The van der Waals surface area contributed by atoms with Crippen LogP contribution in [-0.4, -0.2) is 29.7 Å². The highest BCUT2D eigenvalue weighted by Crippen LogP contribution is 2.38. The topological polar surface area (TPSA) is 38.8 Å². The molecule has 0 aromatic heterocycles. The third-order valence-electron chi connectivity index (χ3n) is 4.49. The van der Waals surface area contributed by atoms with Crippen LogP contribution in [0.5, 0.6) is 11.5 Å². The summed E-state index contributed by atoms with van der Waals surface area (Å²) in [5.41, 5.74) is 1.65. The standard InChI is InChI=1S/C22H23NO3S3/c1-5-14(2)26-18-10-9-15(11-19(18)25-3)12-20-21(24)23(22(27)29-20)16-7-6-8-17(13-16)28-4/h6-14H,5H2,1-4H3/b20-12-/t14-/m1/s1. The monoisotopic (exact) mass is 445 g/mol. The van der Waals surface area contributed by atoms with Gasteiger partial charge < -0.3 is 9.47 Å². The van der Waals surface area contributed by atoms with Gasteiger partial charge in [-0.05, 0) is 61.6 Å². The van der Waals surface area contributed by atoms with Crippen molar-refractivity contribution in [2.24, 2.45) is 0 Å². The van der Waals surface area contributed by atoms with Crippen LogP contribution in [-0.2, 0) is 4.79 Å². The number of ether oxygens (including phenoxy) is 2. The maximum absolute atomic E-state index is 13.0. The van der Waals surface area contributed by atoms with E-state index in [4.69, 9.17) is 21.7 Å². The molecule has 0 saturated carbocycles. The number of hydrogen-bond donors (Lipinski definition) is 0. The van der Waals surface area contributed by atoms with E-state index >= 15 is 0 Å². The Kier molecular flexibility index (Phi) is 7.27. The number of benzene rings is 2. The largest absolute Gasteiger partial charge is 0.493 e. The minimum atomic E-state index is -0.114. The first-order valence-electron chi connectivity index (χ1n) is 9.23. The second-order valence-corrected chi connectivity index (χ2v) is 9.02. The van der Waals surface area contributed by atoms with E-state index in [0.29, 0.717) is 20.7 Å². The van der Waals surface area contributed by atoms with Gasteiger partial charge in [0.1, 0.15) is 0 Å². The van der Waals surface area contributed by atoms with Gasteiger partial charge in [0.25, 0.3) is 5.91 Å². The molecular weight excluding hydrogens is 422 g/mol. The fraction of sp³-hybridized carbons (Fsp3) is 0.273. The zero-order chi connectivity index (χ0) is 21.0. The molecule has 0 bridgehead atoms. The van der Waals surface area contributed by atoms with Crippen molar-refractivity contribution < 1.29 is 14.3 Å². The van der Waals surface area contributed by atoms with E-state index in [0.717, 1.165) is 22.6 Å². The van der Waals surface area contributed by atoms with Gasteiger partial charge in [0, 0.05) is 4.90 Å². The smallest absolute Gasteiger partial charge is 0.270 e. The number of rotatable bonds is 7. The molecule has 0 radical (unpaired) electrons. The Balaban J connectivity index is 1.87. The van der Waals surface area contributed by atoms with Crippen LogP contribution >= 0.6 is 35.7 Å². The first kappa shape index (κ1) is 21.7. The summed E-state index contributed by atoms with van der Waals surface area (Å²) in [4.78, 5) is 16.3. The maximum atomic E-state index is 13.0. The average Bonchev–Trinajstić information content (AvgIpc) is 3.01. The van der Waals surface area contributed by atoms with E-state index in [1.807, 2.05) is 61.7 Å². The van der Waals surface area contributed by atoms with Crippen LogP contribution in [0.25, 0.3) is 6.08 Å². The van der Waals surface area contributed by atoms with Crippen LogP contribution in [0.2, 0.25) is 0 Å². The van der Waals surface area contributed by atoms with Gasteiger partial charge in [-0.1, -0.05) is 43.0 Å². The molecule has 1 aliphatic rings. The molecule has 152 valence electrons. The number of carbonyl (C=O) groups excluding carboxylic acids is 1. The molecule has 1 heterocycles. The molecule has 1 aliphatic heterocycles. The van der Waals surface area contributed by atoms with Gasteiger partial charge in [-0.2, -0.15) is 0 Å². The van der Waals surface area contributed by atoms with Gasteiger partial charge in [-0.25, -0.2) is 0 Å². The zero-order valence-electron chi connectivity index (χ0n) is 16.8. The molecule has 1 atom stereocenters. The molecule has 2 aromatic carbocycles. The van der Waals surface area contributed by atoms with E-state index in [9.17, 15) is 4.79 Å². The summed E-state index contributed by atoms with van der Waals surface area (Å²) in [6, 6.07) is 13.5. The molecular formula is C22H23NO3S3. The first-order valence-corrected chi connectivity index (χ1v) is 11.7. The van der Waals surface area contributed by atoms with Crippen LogP contribution in [0.15, 0.2) is 52.3 Å². The second kappa shape index (κ2) is 9.69. The molecule has 2 aromatic rings. The predicted octanol–water partition coefficient (Wildman–Crippen LogP) is 6.00. The van der Waals surface area contributed by atoms with Gasteiger partial charge in [0.2, 0.25) is 0 Å². The first-order chi connectivity index (χ1) is 14.0. The van der Waals surface area contributed by atoms with Gasteiger partial charge in [-0.3, -0.25) is 9.69 Å². The lowest BCUT2D eigenvalue weighted by molar-refractivity contribution is -0.113. The van der Waals surface area contributed by atoms with Crippen LogP contribution < -0.4 is 14.4 Å². The van der Waals surface area contributed by atoms with Crippen LogP contribution in [0.4, 0.5) is 5.69 Å². The average molecular weight is 446 g/mol. The fourth-order valence-electron chi connectivity index (χ4n) is 2.76. The van der Waals surface area contributed by atoms with E-state index in [2.05, 4.69) is 6.92 Å². The molecule has 0 unspecified atom stereocenters. The van der Waals surface area contributed by atoms with Crippen LogP contribution in [0.3, 0.4) is 0 Å². The van der Waals surface area contributed by atoms with Crippen molar-refractivity contribution in [2.75, 3.05) is 18.3 Å². The van der Waals surface area contributed by atoms with Crippen molar-refractivity contribution in [3.8, 4) is 11.5 Å². The number of nitrogens with zero attached hydrogens (tertiary/aromatic N) is 1. The molecule has 4 nitrogen and oxygen atoms in total. The van der Waals surface area contributed by atoms with E-state index in [1.165, 1.54) is 11.8 Å². The van der Waals surface area contributed by atoms with Crippen molar-refractivity contribution in [2.45, 2.75) is 31.3 Å². The SMILES string of the molecule is CC[C@@H](C)Oc1ccc(/C=C2\SC(=S)N(c3cccc(SC)c3)C2=O)cc1OC. The highest BCUT2D eigenvalue weighted by molar-refractivity contribution is 8.27.